The van der Waals surface area contributed by atoms with Gasteiger partial charge in [0.05, 0.1) is 29.1 Å². The minimum Gasteiger partial charge on any atom is -0.497 e. The van der Waals surface area contributed by atoms with E-state index in [2.05, 4.69) is 5.32 Å². The number of nitro benzene ring substituents is 1. The highest BCUT2D eigenvalue weighted by Crippen LogP contribution is 2.29. The Morgan fingerprint density at radius 2 is 1.56 bits per heavy atom. The van der Waals surface area contributed by atoms with Gasteiger partial charge in [-0.05, 0) is 41.5 Å². The number of carbonyl (C=O) groups is 1. The van der Waals surface area contributed by atoms with Crippen LogP contribution in [0.25, 0.3) is 28.1 Å². The highest BCUT2D eigenvalue weighted by Gasteiger charge is 2.14. The summed E-state index contributed by atoms with van der Waals surface area (Å²) in [5.74, 6) is 0.743. The highest BCUT2D eigenvalue weighted by atomic mass is 16.6. The largest absolute Gasteiger partial charge is 0.497 e. The van der Waals surface area contributed by atoms with Crippen LogP contribution in [0.3, 0.4) is 0 Å². The second kappa shape index (κ2) is 9.99. The molecule has 3 aromatic carbocycles. The lowest BCUT2D eigenvalue weighted by molar-refractivity contribution is -0.384. The zero-order chi connectivity index (χ0) is 24.1. The van der Waals surface area contributed by atoms with Crippen molar-refractivity contribution in [2.45, 2.75) is 12.8 Å². The molecule has 0 saturated carbocycles. The van der Waals surface area contributed by atoms with Crippen LogP contribution in [0.15, 0.2) is 78.9 Å². The summed E-state index contributed by atoms with van der Waals surface area (Å²) in [5, 5.41) is 18.4. The van der Waals surface area contributed by atoms with Crippen molar-refractivity contribution in [3.63, 3.8) is 0 Å². The summed E-state index contributed by atoms with van der Waals surface area (Å²) in [7, 11) is 3.24. The summed E-state index contributed by atoms with van der Waals surface area (Å²) < 4.78 is 6.98. The van der Waals surface area contributed by atoms with E-state index in [0.717, 1.165) is 33.8 Å². The molecular weight excluding hydrogens is 432 g/mol. The van der Waals surface area contributed by atoms with Crippen molar-refractivity contribution in [3.05, 3.63) is 94.7 Å². The first-order valence-corrected chi connectivity index (χ1v) is 10.8. The molecule has 34 heavy (non-hydrogen) atoms. The Hall–Kier alpha value is -4.46. The minimum atomic E-state index is -0.430. The number of nitro groups is 1. The van der Waals surface area contributed by atoms with Crippen LogP contribution in [0.4, 0.5) is 5.69 Å². The van der Waals surface area contributed by atoms with Crippen LogP contribution in [0.1, 0.15) is 12.1 Å². The lowest BCUT2D eigenvalue weighted by Gasteiger charge is -2.09. The topological polar surface area (TPSA) is 99.3 Å². The number of non-ortho nitro benzene ring substituents is 1. The van der Waals surface area contributed by atoms with Gasteiger partial charge < -0.3 is 10.1 Å². The molecule has 8 nitrogen and oxygen atoms in total. The van der Waals surface area contributed by atoms with Crippen LogP contribution in [-0.4, -0.2) is 34.8 Å². The Balaban J connectivity index is 1.69. The Morgan fingerprint density at radius 3 is 2.12 bits per heavy atom. The maximum atomic E-state index is 11.7. The number of benzene rings is 3. The van der Waals surface area contributed by atoms with Crippen LogP contribution >= 0.6 is 0 Å². The first kappa shape index (κ1) is 22.7. The summed E-state index contributed by atoms with van der Waals surface area (Å²) in [6.45, 7) is 0. The predicted molar refractivity (Wildman–Crippen MR) is 130 cm³/mol. The number of ether oxygens (including phenoxy) is 1. The number of hydrogen-bond donors (Lipinski definition) is 1. The summed E-state index contributed by atoms with van der Waals surface area (Å²) in [4.78, 5) is 22.3. The van der Waals surface area contributed by atoms with E-state index in [1.165, 1.54) is 12.1 Å². The fourth-order valence-corrected chi connectivity index (χ4v) is 3.65. The molecule has 4 rings (SSSR count). The quantitative estimate of drug-likeness (QED) is 0.303. The number of rotatable bonds is 8. The average molecular weight is 457 g/mol. The van der Waals surface area contributed by atoms with Crippen LogP contribution in [0.2, 0.25) is 0 Å². The maximum absolute atomic E-state index is 11.7. The molecule has 0 unspecified atom stereocenters. The van der Waals surface area contributed by atoms with Gasteiger partial charge in [-0.1, -0.05) is 36.4 Å². The summed E-state index contributed by atoms with van der Waals surface area (Å²) in [6, 6.07) is 24.2. The number of methoxy groups -OCH3 is 1. The molecule has 0 spiro atoms. The van der Waals surface area contributed by atoms with Crippen LogP contribution < -0.4 is 10.1 Å². The molecule has 0 radical (unpaired) electrons. The summed E-state index contributed by atoms with van der Waals surface area (Å²) >= 11 is 0. The van der Waals surface area contributed by atoms with Gasteiger partial charge in [0.2, 0.25) is 5.91 Å². The van der Waals surface area contributed by atoms with Gasteiger partial charge >= 0.3 is 0 Å². The molecule has 1 heterocycles. The van der Waals surface area contributed by atoms with Crippen molar-refractivity contribution < 1.29 is 14.5 Å². The molecule has 172 valence electrons. The number of hydrogen-bond acceptors (Lipinski definition) is 5. The normalized spacial score (nSPS) is 10.6. The van der Waals surface area contributed by atoms with Gasteiger partial charge in [0.25, 0.3) is 5.69 Å². The molecular formula is C26H24N4O4. The van der Waals surface area contributed by atoms with Gasteiger partial charge in [-0.3, -0.25) is 14.9 Å². The monoisotopic (exact) mass is 456 g/mol. The molecule has 1 aromatic heterocycles. The lowest BCUT2D eigenvalue weighted by Crippen LogP contribution is -2.18. The Bertz CT molecular complexity index is 1290. The number of amides is 1. The fraction of sp³-hybridized carbons (Fsp3) is 0.154. The standard InChI is InChI=1S/C26H24N4O4/c1-27-26(31)16-9-21-17-25(29(28-21)22-10-12-23(13-11-22)30(32)33)20-5-3-18(4-6-20)19-7-14-24(34-2)15-8-19/h3-8,10-15,17H,9,16H2,1-2H3,(H,27,31). The number of nitrogens with one attached hydrogen (secondary N) is 1. The highest BCUT2D eigenvalue weighted by molar-refractivity contribution is 5.76. The molecule has 0 aliphatic rings. The van der Waals surface area contributed by atoms with Crippen LogP contribution in [0.5, 0.6) is 5.75 Å². The first-order chi connectivity index (χ1) is 16.5. The van der Waals surface area contributed by atoms with Crippen molar-refractivity contribution in [1.29, 1.82) is 0 Å². The third-order valence-electron chi connectivity index (χ3n) is 5.56. The van der Waals surface area contributed by atoms with Gasteiger partial charge in [-0.2, -0.15) is 5.10 Å². The van der Waals surface area contributed by atoms with Gasteiger partial charge in [-0.15, -0.1) is 0 Å². The first-order valence-electron chi connectivity index (χ1n) is 10.8. The van der Waals surface area contributed by atoms with E-state index in [0.29, 0.717) is 18.5 Å². The van der Waals surface area contributed by atoms with E-state index < -0.39 is 4.92 Å². The predicted octanol–water partition coefficient (Wildman–Crippen LogP) is 4.80. The Kier molecular flexibility index (Phi) is 6.68. The van der Waals surface area contributed by atoms with Crippen molar-refractivity contribution >= 4 is 11.6 Å². The number of aromatic nitrogens is 2. The van der Waals surface area contributed by atoms with E-state index in [1.807, 2.05) is 54.6 Å². The molecule has 0 saturated heterocycles. The molecule has 1 amide bonds. The Labute approximate surface area is 197 Å². The lowest BCUT2D eigenvalue weighted by atomic mass is 10.0. The summed E-state index contributed by atoms with van der Waals surface area (Å²) in [6.07, 6.45) is 0.806. The molecule has 4 aromatic rings. The average Bonchev–Trinajstić information content (AvgIpc) is 3.31. The molecule has 0 aliphatic heterocycles. The van der Waals surface area contributed by atoms with Crippen molar-refractivity contribution in [3.8, 4) is 33.8 Å². The number of nitrogens with zero attached hydrogens (tertiary/aromatic N) is 3. The zero-order valence-electron chi connectivity index (χ0n) is 18.9. The second-order valence-corrected chi connectivity index (χ2v) is 7.69. The fourth-order valence-electron chi connectivity index (χ4n) is 3.65. The van der Waals surface area contributed by atoms with E-state index in [9.17, 15) is 14.9 Å². The van der Waals surface area contributed by atoms with Crippen molar-refractivity contribution in [1.82, 2.24) is 15.1 Å². The van der Waals surface area contributed by atoms with Gasteiger partial charge in [0, 0.05) is 37.6 Å². The van der Waals surface area contributed by atoms with Crippen LogP contribution in [0, 0.1) is 10.1 Å². The molecule has 0 bridgehead atoms. The molecule has 0 aliphatic carbocycles. The Morgan fingerprint density at radius 1 is 0.971 bits per heavy atom. The third kappa shape index (κ3) is 4.96. The van der Waals surface area contributed by atoms with E-state index in [1.54, 1.807) is 31.0 Å². The van der Waals surface area contributed by atoms with Gasteiger partial charge in [-0.25, -0.2) is 4.68 Å². The van der Waals surface area contributed by atoms with Gasteiger partial charge in [0.15, 0.2) is 0 Å². The van der Waals surface area contributed by atoms with E-state index in [4.69, 9.17) is 9.84 Å². The SMILES string of the molecule is CNC(=O)CCc1cc(-c2ccc(-c3ccc(OC)cc3)cc2)n(-c2ccc([N+](=O)[O-])cc2)n1. The maximum Gasteiger partial charge on any atom is 0.269 e. The zero-order valence-corrected chi connectivity index (χ0v) is 18.9. The molecule has 0 fully saturated rings. The molecule has 1 N–H and O–H groups in total. The number of aryl methyl sites for hydroxylation is 1. The van der Waals surface area contributed by atoms with Crippen LogP contribution in [-0.2, 0) is 11.2 Å². The van der Waals surface area contributed by atoms with Crippen molar-refractivity contribution in [2.75, 3.05) is 14.2 Å². The smallest absolute Gasteiger partial charge is 0.269 e. The van der Waals surface area contributed by atoms with Crippen molar-refractivity contribution in [2.24, 2.45) is 0 Å². The second-order valence-electron chi connectivity index (χ2n) is 7.69. The van der Waals surface area contributed by atoms with E-state index in [-0.39, 0.29) is 11.6 Å². The van der Waals surface area contributed by atoms with E-state index >= 15 is 0 Å². The minimum absolute atomic E-state index is 0.0149. The number of carbonyl (C=O) groups excluding carboxylic acids is 1. The molecule has 0 atom stereocenters. The molecule has 8 heteroatoms. The third-order valence-corrected chi connectivity index (χ3v) is 5.56. The van der Waals surface area contributed by atoms with Gasteiger partial charge in [0.1, 0.15) is 5.75 Å². The summed E-state index contributed by atoms with van der Waals surface area (Å²) in [5.41, 5.74) is 5.38.